The van der Waals surface area contributed by atoms with E-state index in [0.717, 1.165) is 12.8 Å². The lowest BCUT2D eigenvalue weighted by atomic mass is 10.1. The number of sulfonamides is 1. The summed E-state index contributed by atoms with van der Waals surface area (Å²) in [5.41, 5.74) is 0.379. The second-order valence-corrected chi connectivity index (χ2v) is 10.2. The minimum atomic E-state index is -3.74. The van der Waals surface area contributed by atoms with Crippen molar-refractivity contribution in [3.8, 4) is 5.75 Å². The maximum Gasteiger partial charge on any atom is 0.265 e. The molecular weight excluding hydrogens is 396 g/mol. The van der Waals surface area contributed by atoms with Gasteiger partial charge >= 0.3 is 0 Å². The molecule has 1 amide bonds. The van der Waals surface area contributed by atoms with Crippen LogP contribution in [0.3, 0.4) is 0 Å². The SMILES string of the molecule is Cc1cc2c(cc1S(=O)(=O)NC(C)(C)C)OCC(=O)N2Cc1noc(C2CC2)n1. The van der Waals surface area contributed by atoms with Crippen LogP contribution in [0.1, 0.15) is 56.8 Å². The second-order valence-electron chi connectivity index (χ2n) is 8.53. The summed E-state index contributed by atoms with van der Waals surface area (Å²) in [6.07, 6.45) is 2.08. The van der Waals surface area contributed by atoms with Crippen molar-refractivity contribution < 1.29 is 22.5 Å². The molecule has 1 saturated carbocycles. The molecular formula is C19H24N4O5S. The van der Waals surface area contributed by atoms with E-state index in [4.69, 9.17) is 9.26 Å². The summed E-state index contributed by atoms with van der Waals surface area (Å²) in [6, 6.07) is 3.11. The van der Waals surface area contributed by atoms with Crippen LogP contribution in [0.5, 0.6) is 5.75 Å². The molecule has 0 spiro atoms. The average Bonchev–Trinajstić information content (AvgIpc) is 3.34. The molecule has 1 aromatic carbocycles. The molecule has 9 nitrogen and oxygen atoms in total. The fourth-order valence-electron chi connectivity index (χ4n) is 3.22. The molecule has 2 heterocycles. The number of aromatic nitrogens is 2. The van der Waals surface area contributed by atoms with Crippen LogP contribution in [0, 0.1) is 6.92 Å². The number of hydrogen-bond acceptors (Lipinski definition) is 7. The van der Waals surface area contributed by atoms with Crippen LogP contribution in [0.15, 0.2) is 21.6 Å². The van der Waals surface area contributed by atoms with E-state index in [0.29, 0.717) is 34.6 Å². The normalized spacial score (nSPS) is 17.2. The molecule has 1 fully saturated rings. The van der Waals surface area contributed by atoms with Gasteiger partial charge < -0.3 is 9.26 Å². The van der Waals surface area contributed by atoms with E-state index in [1.807, 2.05) is 0 Å². The Kier molecular flexibility index (Phi) is 4.66. The fraction of sp³-hybridized carbons (Fsp3) is 0.526. The third kappa shape index (κ3) is 4.13. The summed E-state index contributed by atoms with van der Waals surface area (Å²) >= 11 is 0. The highest BCUT2D eigenvalue weighted by Crippen LogP contribution is 2.40. The lowest BCUT2D eigenvalue weighted by Gasteiger charge is -2.30. The second kappa shape index (κ2) is 6.81. The van der Waals surface area contributed by atoms with Crippen LogP contribution >= 0.6 is 0 Å². The first-order chi connectivity index (χ1) is 13.5. The largest absolute Gasteiger partial charge is 0.482 e. The lowest BCUT2D eigenvalue weighted by Crippen LogP contribution is -2.41. The van der Waals surface area contributed by atoms with Crippen molar-refractivity contribution in [3.63, 3.8) is 0 Å². The van der Waals surface area contributed by atoms with E-state index in [1.165, 1.54) is 11.0 Å². The Morgan fingerprint density at radius 3 is 2.66 bits per heavy atom. The molecule has 10 heteroatoms. The highest BCUT2D eigenvalue weighted by molar-refractivity contribution is 7.89. The van der Waals surface area contributed by atoms with Gasteiger partial charge in [-0.2, -0.15) is 4.98 Å². The van der Waals surface area contributed by atoms with Gasteiger partial charge in [-0.15, -0.1) is 0 Å². The Balaban J connectivity index is 1.66. The third-order valence-electron chi connectivity index (χ3n) is 4.64. The highest BCUT2D eigenvalue weighted by atomic mass is 32.2. The zero-order chi connectivity index (χ0) is 21.0. The summed E-state index contributed by atoms with van der Waals surface area (Å²) in [6.45, 7) is 6.96. The first-order valence-electron chi connectivity index (χ1n) is 9.48. The lowest BCUT2D eigenvalue weighted by molar-refractivity contribution is -0.121. The molecule has 156 valence electrons. The predicted octanol–water partition coefficient (Wildman–Crippen LogP) is 2.26. The van der Waals surface area contributed by atoms with Crippen molar-refractivity contribution in [3.05, 3.63) is 29.4 Å². The van der Waals surface area contributed by atoms with Gasteiger partial charge in [-0.3, -0.25) is 9.69 Å². The Hall–Kier alpha value is -2.46. The number of carbonyl (C=O) groups is 1. The zero-order valence-corrected chi connectivity index (χ0v) is 17.7. The molecule has 1 aliphatic carbocycles. The molecule has 0 radical (unpaired) electrons. The van der Waals surface area contributed by atoms with Crippen molar-refractivity contribution in [2.75, 3.05) is 11.5 Å². The van der Waals surface area contributed by atoms with Gasteiger partial charge in [-0.05, 0) is 52.2 Å². The Morgan fingerprint density at radius 2 is 2.00 bits per heavy atom. The molecule has 2 aliphatic rings. The number of rotatable bonds is 5. The molecule has 0 atom stereocenters. The van der Waals surface area contributed by atoms with Crippen LogP contribution in [0.2, 0.25) is 0 Å². The van der Waals surface area contributed by atoms with Crippen LogP contribution in [-0.4, -0.2) is 36.6 Å². The van der Waals surface area contributed by atoms with Crippen LogP contribution in [-0.2, 0) is 21.4 Å². The molecule has 0 unspecified atom stereocenters. The number of nitrogens with one attached hydrogen (secondary N) is 1. The number of nitrogens with zero attached hydrogens (tertiary/aromatic N) is 3. The number of hydrogen-bond donors (Lipinski definition) is 1. The number of anilines is 1. The van der Waals surface area contributed by atoms with E-state index in [1.54, 1.807) is 33.8 Å². The standard InChI is InChI=1S/C19H24N4O5S/c1-11-7-13-14(8-15(11)29(25,26)22-19(2,3)4)27-10-17(24)23(13)9-16-20-18(28-21-16)12-5-6-12/h7-8,12,22H,5-6,9-10H2,1-4H3. The average molecular weight is 420 g/mol. The maximum absolute atomic E-state index is 12.8. The quantitative estimate of drug-likeness (QED) is 0.789. The van der Waals surface area contributed by atoms with Crippen molar-refractivity contribution in [1.82, 2.24) is 14.9 Å². The fourth-order valence-corrected chi connectivity index (χ4v) is 4.88. The van der Waals surface area contributed by atoms with Crippen LogP contribution in [0.4, 0.5) is 5.69 Å². The molecule has 1 aliphatic heterocycles. The van der Waals surface area contributed by atoms with Gasteiger partial charge in [0, 0.05) is 17.5 Å². The smallest absolute Gasteiger partial charge is 0.265 e. The van der Waals surface area contributed by atoms with Gasteiger partial charge in [0.1, 0.15) is 5.75 Å². The van der Waals surface area contributed by atoms with E-state index in [9.17, 15) is 13.2 Å². The molecule has 4 rings (SSSR count). The first kappa shape index (κ1) is 19.8. The minimum Gasteiger partial charge on any atom is -0.482 e. The van der Waals surface area contributed by atoms with E-state index in [2.05, 4.69) is 14.9 Å². The van der Waals surface area contributed by atoms with Crippen molar-refractivity contribution in [2.45, 2.75) is 63.4 Å². The van der Waals surface area contributed by atoms with Crippen LogP contribution < -0.4 is 14.4 Å². The molecule has 1 aromatic heterocycles. The number of ether oxygens (including phenoxy) is 1. The summed E-state index contributed by atoms with van der Waals surface area (Å²) in [5.74, 6) is 1.42. The molecule has 1 N–H and O–H groups in total. The minimum absolute atomic E-state index is 0.121. The highest BCUT2D eigenvalue weighted by Gasteiger charge is 2.33. The molecule has 0 bridgehead atoms. The Bertz CT molecular complexity index is 1070. The van der Waals surface area contributed by atoms with Gasteiger partial charge in [-0.25, -0.2) is 13.1 Å². The predicted molar refractivity (Wildman–Crippen MR) is 104 cm³/mol. The summed E-state index contributed by atoms with van der Waals surface area (Å²) < 4.78 is 39.0. The third-order valence-corrected chi connectivity index (χ3v) is 6.54. The molecule has 2 aromatic rings. The number of amides is 1. The molecule has 0 saturated heterocycles. The first-order valence-corrected chi connectivity index (χ1v) is 11.0. The van der Waals surface area contributed by atoms with Gasteiger partial charge in [0.05, 0.1) is 17.1 Å². The molecule has 29 heavy (non-hydrogen) atoms. The summed E-state index contributed by atoms with van der Waals surface area (Å²) in [4.78, 5) is 18.5. The van der Waals surface area contributed by atoms with Gasteiger partial charge in [0.2, 0.25) is 15.9 Å². The van der Waals surface area contributed by atoms with Crippen molar-refractivity contribution in [2.24, 2.45) is 0 Å². The number of benzene rings is 1. The summed E-state index contributed by atoms with van der Waals surface area (Å²) in [5, 5.41) is 3.97. The van der Waals surface area contributed by atoms with Crippen LogP contribution in [0.25, 0.3) is 0 Å². The van der Waals surface area contributed by atoms with E-state index in [-0.39, 0.29) is 24.0 Å². The van der Waals surface area contributed by atoms with Gasteiger partial charge in [0.15, 0.2) is 12.4 Å². The number of aryl methyl sites for hydroxylation is 1. The van der Waals surface area contributed by atoms with E-state index < -0.39 is 15.6 Å². The van der Waals surface area contributed by atoms with Gasteiger partial charge in [-0.1, -0.05) is 5.16 Å². The zero-order valence-electron chi connectivity index (χ0n) is 16.9. The number of carbonyl (C=O) groups excluding carboxylic acids is 1. The van der Waals surface area contributed by atoms with Crippen molar-refractivity contribution in [1.29, 1.82) is 0 Å². The Morgan fingerprint density at radius 1 is 1.28 bits per heavy atom. The topological polar surface area (TPSA) is 115 Å². The van der Waals surface area contributed by atoms with Gasteiger partial charge in [0.25, 0.3) is 5.91 Å². The summed E-state index contributed by atoms with van der Waals surface area (Å²) in [7, 11) is -3.74. The van der Waals surface area contributed by atoms with Crippen molar-refractivity contribution >= 4 is 21.6 Å². The monoisotopic (exact) mass is 420 g/mol. The maximum atomic E-state index is 12.8. The van der Waals surface area contributed by atoms with E-state index >= 15 is 0 Å². The number of fused-ring (bicyclic) bond motifs is 1. The Labute approximate surface area is 169 Å².